The Morgan fingerprint density at radius 1 is 0.902 bits per heavy atom. The Balaban J connectivity index is 1.37. The lowest BCUT2D eigenvalue weighted by molar-refractivity contribution is -0.145. The first kappa shape index (κ1) is 39.3. The van der Waals surface area contributed by atoms with Gasteiger partial charge in [-0.25, -0.2) is 13.2 Å². The van der Waals surface area contributed by atoms with Crippen molar-refractivity contribution < 1.29 is 32.4 Å². The summed E-state index contributed by atoms with van der Waals surface area (Å²) in [5, 5.41) is 11.4. The summed E-state index contributed by atoms with van der Waals surface area (Å²) in [6.45, 7) is 14.7. The van der Waals surface area contributed by atoms with Crippen LogP contribution in [0.1, 0.15) is 119 Å². The third kappa shape index (κ3) is 8.33. The fourth-order valence-electron chi connectivity index (χ4n) is 9.15. The molecular weight excluding hydrogens is 671 g/mol. The molecule has 51 heavy (non-hydrogen) atoms. The number of amides is 5. The van der Waals surface area contributed by atoms with Gasteiger partial charge in [-0.2, -0.15) is 0 Å². The largest absolute Gasteiger partial charge is 0.346 e. The summed E-state index contributed by atoms with van der Waals surface area (Å²) < 4.78 is 25.7. The molecular formula is C38H61N5O7S. The molecule has 1 heterocycles. The monoisotopic (exact) mass is 731 g/mol. The van der Waals surface area contributed by atoms with Gasteiger partial charge in [0.05, 0.1) is 22.1 Å². The Hall–Kier alpha value is -2.96. The van der Waals surface area contributed by atoms with Crippen molar-refractivity contribution in [1.29, 1.82) is 0 Å². The summed E-state index contributed by atoms with van der Waals surface area (Å²) >= 11 is 0. The van der Waals surface area contributed by atoms with E-state index in [0.29, 0.717) is 25.8 Å². The van der Waals surface area contributed by atoms with Crippen LogP contribution in [0, 0.1) is 28.6 Å². The van der Waals surface area contributed by atoms with Crippen LogP contribution in [0.2, 0.25) is 0 Å². The first-order valence-corrected chi connectivity index (χ1v) is 20.8. The summed E-state index contributed by atoms with van der Waals surface area (Å²) in [4.78, 5) is 70.4. The van der Waals surface area contributed by atoms with E-state index in [4.69, 9.17) is 0 Å². The van der Waals surface area contributed by atoms with E-state index in [1.54, 1.807) is 25.7 Å². The van der Waals surface area contributed by atoms with Crippen molar-refractivity contribution in [2.45, 2.75) is 147 Å². The molecule has 1 spiro atoms. The van der Waals surface area contributed by atoms with Gasteiger partial charge in [0.2, 0.25) is 17.6 Å². The molecule has 5 atom stereocenters. The molecule has 0 aromatic carbocycles. The topological polar surface area (TPSA) is 171 Å². The number of piperidine rings is 1. The molecule has 286 valence electrons. The Bertz CT molecular complexity index is 1500. The maximum atomic E-state index is 14.6. The SMILES string of the molecule is C=CCNC(=O)C(=O)C(CC1CC1)NC(=O)[C@@H]1[C@@H]2[C@H](CN1C(=O)[C@@H](NC(=O)NC1(CS(=O)(=O)C(C)(C)C)CCCCC1)C(C)(C)C)C21CCCC1. The number of urea groups is 1. The standard InChI is InChI=1S/C38H61N5O7S/c1-8-20-39-32(46)29(44)26(21-24-14-15-24)40-31(45)28-27-25(38(27)18-12-13-19-38)22-43(28)33(47)30(35(2,3)4)41-34(48)42-37(16-10-9-11-17-37)23-51(49,50)36(5,6)7/h8,24-28,30H,1,9-23H2,2-7H3,(H,39,46)(H,40,45)(H2,41,42,48)/t25-,26?,27-,28-,30+/m0/s1. The molecule has 1 saturated heterocycles. The molecule has 4 N–H and O–H groups in total. The molecule has 0 bridgehead atoms. The van der Waals surface area contributed by atoms with Crippen molar-refractivity contribution in [2.24, 2.45) is 28.6 Å². The smallest absolute Gasteiger partial charge is 0.315 e. The minimum Gasteiger partial charge on any atom is -0.346 e. The fourth-order valence-corrected chi connectivity index (χ4v) is 10.7. The average Bonchev–Trinajstić information content (AvgIpc) is 3.81. The van der Waals surface area contributed by atoms with Crippen LogP contribution in [0.3, 0.4) is 0 Å². The molecule has 1 unspecified atom stereocenters. The normalized spacial score (nSPS) is 26.4. The van der Waals surface area contributed by atoms with Crippen molar-refractivity contribution in [3.63, 3.8) is 0 Å². The quantitative estimate of drug-likeness (QED) is 0.165. The van der Waals surface area contributed by atoms with Crippen LogP contribution in [0.5, 0.6) is 0 Å². The molecule has 13 heteroatoms. The first-order chi connectivity index (χ1) is 23.8. The number of ketones is 1. The highest BCUT2D eigenvalue weighted by Crippen LogP contribution is 2.72. The minimum absolute atomic E-state index is 0.00986. The van der Waals surface area contributed by atoms with Crippen LogP contribution in [0.15, 0.2) is 12.7 Å². The molecule has 12 nitrogen and oxygen atoms in total. The van der Waals surface area contributed by atoms with Gasteiger partial charge in [-0.1, -0.05) is 71.8 Å². The van der Waals surface area contributed by atoms with Crippen LogP contribution >= 0.6 is 0 Å². The van der Waals surface area contributed by atoms with Gasteiger partial charge in [-0.3, -0.25) is 19.2 Å². The number of likely N-dealkylation sites (tertiary alicyclic amines) is 1. The molecule has 4 aliphatic carbocycles. The lowest BCUT2D eigenvalue weighted by Crippen LogP contribution is -2.64. The number of nitrogens with one attached hydrogen (secondary N) is 4. The van der Waals surface area contributed by atoms with Gasteiger partial charge in [-0.15, -0.1) is 6.58 Å². The second kappa shape index (κ2) is 14.5. The zero-order valence-electron chi connectivity index (χ0n) is 31.6. The van der Waals surface area contributed by atoms with Crippen LogP contribution < -0.4 is 21.3 Å². The molecule has 5 rings (SSSR count). The van der Waals surface area contributed by atoms with Gasteiger partial charge in [0.25, 0.3) is 5.91 Å². The van der Waals surface area contributed by atoms with Crippen LogP contribution in [-0.4, -0.2) is 90.1 Å². The third-order valence-electron chi connectivity index (χ3n) is 12.4. The van der Waals surface area contributed by atoms with Gasteiger partial charge in [0.1, 0.15) is 12.1 Å². The highest BCUT2D eigenvalue weighted by molar-refractivity contribution is 7.92. The van der Waals surface area contributed by atoms with E-state index in [1.165, 1.54) is 6.08 Å². The summed E-state index contributed by atoms with van der Waals surface area (Å²) in [6, 6.07) is -3.45. The molecule has 5 aliphatic rings. The van der Waals surface area contributed by atoms with E-state index in [0.717, 1.165) is 57.8 Å². The zero-order valence-corrected chi connectivity index (χ0v) is 32.4. The lowest BCUT2D eigenvalue weighted by Gasteiger charge is -2.41. The van der Waals surface area contributed by atoms with E-state index in [9.17, 15) is 32.4 Å². The molecule has 0 aromatic heterocycles. The summed E-state index contributed by atoms with van der Waals surface area (Å²) in [6.07, 6.45) is 11.4. The zero-order chi connectivity index (χ0) is 37.6. The van der Waals surface area contributed by atoms with E-state index in [2.05, 4.69) is 27.8 Å². The molecule has 0 aromatic rings. The molecule has 1 aliphatic heterocycles. The van der Waals surface area contributed by atoms with Crippen LogP contribution in [0.4, 0.5) is 4.79 Å². The maximum Gasteiger partial charge on any atom is 0.315 e. The number of sulfone groups is 1. The minimum atomic E-state index is -3.56. The van der Waals surface area contributed by atoms with Crippen molar-refractivity contribution >= 4 is 39.4 Å². The Morgan fingerprint density at radius 2 is 1.51 bits per heavy atom. The van der Waals surface area contributed by atoms with Gasteiger partial charge >= 0.3 is 6.03 Å². The van der Waals surface area contributed by atoms with Gasteiger partial charge in [-0.05, 0) is 81.5 Å². The molecule has 5 fully saturated rings. The van der Waals surface area contributed by atoms with Crippen molar-refractivity contribution in [1.82, 2.24) is 26.2 Å². The van der Waals surface area contributed by atoms with E-state index < -0.39 is 67.3 Å². The lowest BCUT2D eigenvalue weighted by atomic mass is 9.83. The predicted octanol–water partition coefficient (Wildman–Crippen LogP) is 3.79. The maximum absolute atomic E-state index is 14.6. The third-order valence-corrected chi connectivity index (χ3v) is 15.2. The highest BCUT2D eigenvalue weighted by atomic mass is 32.2. The number of rotatable bonds is 13. The van der Waals surface area contributed by atoms with Crippen molar-refractivity contribution in [3.05, 3.63) is 12.7 Å². The summed E-state index contributed by atoms with van der Waals surface area (Å²) in [5.41, 5.74) is -1.71. The number of carbonyl (C=O) groups is 5. The van der Waals surface area contributed by atoms with Crippen LogP contribution in [-0.2, 0) is 29.0 Å². The second-order valence-corrected chi connectivity index (χ2v) is 21.0. The summed E-state index contributed by atoms with van der Waals surface area (Å²) in [5.74, 6) is -2.13. The number of nitrogens with zero attached hydrogens (tertiary/aromatic N) is 1. The van der Waals surface area contributed by atoms with Crippen LogP contribution in [0.25, 0.3) is 0 Å². The Labute approximate surface area is 304 Å². The Morgan fingerprint density at radius 3 is 2.06 bits per heavy atom. The highest BCUT2D eigenvalue weighted by Gasteiger charge is 2.74. The van der Waals surface area contributed by atoms with E-state index >= 15 is 0 Å². The number of carbonyl (C=O) groups excluding carboxylic acids is 5. The van der Waals surface area contributed by atoms with Crippen molar-refractivity contribution in [3.8, 4) is 0 Å². The average molecular weight is 732 g/mol. The first-order valence-electron chi connectivity index (χ1n) is 19.1. The second-order valence-electron chi connectivity index (χ2n) is 18.2. The molecule has 0 radical (unpaired) electrons. The number of Topliss-reactive ketones (excluding diaryl/α,β-unsaturated/α-hetero) is 1. The fraction of sp³-hybridized carbons (Fsp3) is 0.816. The Kier molecular flexibility index (Phi) is 11.1. The number of fused-ring (bicyclic) bond motifs is 3. The predicted molar refractivity (Wildman–Crippen MR) is 195 cm³/mol. The van der Waals surface area contributed by atoms with Gasteiger partial charge < -0.3 is 26.2 Å². The van der Waals surface area contributed by atoms with E-state index in [1.807, 2.05) is 20.8 Å². The number of hydrogen-bond acceptors (Lipinski definition) is 7. The van der Waals surface area contributed by atoms with E-state index in [-0.39, 0.29) is 41.4 Å². The number of hydrogen-bond donors (Lipinski definition) is 4. The molecule has 4 saturated carbocycles. The van der Waals surface area contributed by atoms with Crippen molar-refractivity contribution in [2.75, 3.05) is 18.8 Å². The van der Waals surface area contributed by atoms with Gasteiger partial charge in [0.15, 0.2) is 9.84 Å². The van der Waals surface area contributed by atoms with Gasteiger partial charge in [0, 0.05) is 13.1 Å². The summed E-state index contributed by atoms with van der Waals surface area (Å²) in [7, 11) is -3.56. The molecule has 5 amide bonds.